The van der Waals surface area contributed by atoms with Gasteiger partial charge < -0.3 is 24.3 Å². The van der Waals surface area contributed by atoms with Gasteiger partial charge in [0.05, 0.1) is 34.5 Å². The van der Waals surface area contributed by atoms with E-state index in [2.05, 4.69) is 11.9 Å². The van der Waals surface area contributed by atoms with E-state index < -0.39 is 0 Å². The van der Waals surface area contributed by atoms with Crippen molar-refractivity contribution in [2.75, 3.05) is 28.4 Å². The van der Waals surface area contributed by atoms with Gasteiger partial charge in [-0.3, -0.25) is 9.59 Å². The van der Waals surface area contributed by atoms with Gasteiger partial charge in [-0.25, -0.2) is 0 Å². The maximum atomic E-state index is 13.1. The standard InChI is InChI=1S/C25H29NO6/c1-7-8-16-11-18-17(13-20(29-3)23(16)28)19(26-14(2)27)10-9-15-12-21(30-4)24(31-5)25(32-6)22(15)18/h7,11-13,19H,1,8-10H2,2-6H3,(H,26,27). The summed E-state index contributed by atoms with van der Waals surface area (Å²) in [5.41, 5.74) is 3.62. The molecule has 0 aromatic heterocycles. The van der Waals surface area contributed by atoms with Crippen LogP contribution >= 0.6 is 0 Å². The first kappa shape index (κ1) is 23.2. The molecule has 1 unspecified atom stereocenters. The fourth-order valence-corrected chi connectivity index (χ4v) is 4.28. The number of carbonyl (C=O) groups is 1. The first-order valence-electron chi connectivity index (χ1n) is 10.3. The Kier molecular flexibility index (Phi) is 7.08. The average Bonchev–Trinajstić information content (AvgIpc) is 3.00. The van der Waals surface area contributed by atoms with E-state index in [1.165, 1.54) is 14.0 Å². The molecule has 0 heterocycles. The molecular weight excluding hydrogens is 410 g/mol. The predicted octanol–water partition coefficient (Wildman–Crippen LogP) is 3.60. The molecule has 7 heteroatoms. The molecule has 7 nitrogen and oxygen atoms in total. The smallest absolute Gasteiger partial charge is 0.223 e. The van der Waals surface area contributed by atoms with E-state index >= 15 is 0 Å². The predicted molar refractivity (Wildman–Crippen MR) is 123 cm³/mol. The molecular formula is C25H29NO6. The molecule has 32 heavy (non-hydrogen) atoms. The Morgan fingerprint density at radius 2 is 1.75 bits per heavy atom. The van der Waals surface area contributed by atoms with Gasteiger partial charge in [0.2, 0.25) is 17.1 Å². The van der Waals surface area contributed by atoms with Gasteiger partial charge in [-0.15, -0.1) is 6.58 Å². The normalized spacial score (nSPS) is 14.3. The van der Waals surface area contributed by atoms with E-state index in [0.29, 0.717) is 42.1 Å². The van der Waals surface area contributed by atoms with Crippen LogP contribution in [0.15, 0.2) is 35.6 Å². The first-order valence-corrected chi connectivity index (χ1v) is 10.3. The van der Waals surface area contributed by atoms with Crippen molar-refractivity contribution in [3.8, 4) is 34.1 Å². The monoisotopic (exact) mass is 439 g/mol. The number of nitrogens with one attached hydrogen (secondary N) is 1. The van der Waals surface area contributed by atoms with Crippen molar-refractivity contribution in [3.05, 3.63) is 57.8 Å². The third-order valence-electron chi connectivity index (χ3n) is 5.65. The molecule has 1 atom stereocenters. The van der Waals surface area contributed by atoms with Crippen molar-refractivity contribution in [1.82, 2.24) is 5.32 Å². The van der Waals surface area contributed by atoms with Crippen LogP contribution in [0.1, 0.15) is 36.1 Å². The highest BCUT2D eigenvalue weighted by molar-refractivity contribution is 5.84. The van der Waals surface area contributed by atoms with E-state index in [1.54, 1.807) is 33.5 Å². The van der Waals surface area contributed by atoms with Crippen molar-refractivity contribution in [2.45, 2.75) is 32.2 Å². The highest BCUT2D eigenvalue weighted by Crippen LogP contribution is 2.50. The molecule has 3 rings (SSSR count). The summed E-state index contributed by atoms with van der Waals surface area (Å²) in [7, 11) is 6.16. The largest absolute Gasteiger partial charge is 0.493 e. The Balaban J connectivity index is 2.51. The van der Waals surface area contributed by atoms with Crippen LogP contribution in [-0.2, 0) is 17.6 Å². The lowest BCUT2D eigenvalue weighted by Crippen LogP contribution is -2.26. The lowest BCUT2D eigenvalue weighted by molar-refractivity contribution is -0.119. The number of aryl methyl sites for hydroxylation is 1. The summed E-state index contributed by atoms with van der Waals surface area (Å²) in [6.07, 6.45) is 3.32. The fraction of sp³-hybridized carbons (Fsp3) is 0.360. The highest BCUT2D eigenvalue weighted by atomic mass is 16.5. The SMILES string of the molecule is C=CCc1cc2c(cc(OC)c1=O)C(NC(C)=O)CCc1cc(OC)c(OC)c(OC)c1-2. The molecule has 0 spiro atoms. The van der Waals surface area contributed by atoms with Gasteiger partial charge >= 0.3 is 0 Å². The maximum absolute atomic E-state index is 13.1. The summed E-state index contributed by atoms with van der Waals surface area (Å²) < 4.78 is 22.4. The Bertz CT molecular complexity index is 1110. The Hall–Kier alpha value is -3.48. The van der Waals surface area contributed by atoms with Gasteiger partial charge in [0.1, 0.15) is 0 Å². The molecule has 0 aliphatic heterocycles. The number of benzene rings is 1. The molecule has 1 aliphatic carbocycles. The molecule has 1 N–H and O–H groups in total. The second-order valence-electron chi connectivity index (χ2n) is 7.54. The topological polar surface area (TPSA) is 83.1 Å². The summed E-state index contributed by atoms with van der Waals surface area (Å²) in [6, 6.07) is 5.16. The Morgan fingerprint density at radius 3 is 2.31 bits per heavy atom. The van der Waals surface area contributed by atoms with Crippen molar-refractivity contribution in [1.29, 1.82) is 0 Å². The minimum atomic E-state index is -0.325. The van der Waals surface area contributed by atoms with E-state index in [9.17, 15) is 9.59 Å². The molecule has 2 aromatic carbocycles. The molecule has 2 aromatic rings. The lowest BCUT2D eigenvalue weighted by atomic mass is 9.94. The number of allylic oxidation sites excluding steroid dienone is 1. The quantitative estimate of drug-likeness (QED) is 0.664. The second kappa shape index (κ2) is 9.77. The van der Waals surface area contributed by atoms with E-state index in [1.807, 2.05) is 12.1 Å². The van der Waals surface area contributed by atoms with Crippen LogP contribution in [0.4, 0.5) is 0 Å². The number of methoxy groups -OCH3 is 4. The second-order valence-corrected chi connectivity index (χ2v) is 7.54. The number of amides is 1. The summed E-state index contributed by atoms with van der Waals surface area (Å²) in [5, 5.41) is 3.02. The van der Waals surface area contributed by atoms with Gasteiger partial charge in [-0.1, -0.05) is 6.08 Å². The van der Waals surface area contributed by atoms with E-state index in [0.717, 1.165) is 22.3 Å². The lowest BCUT2D eigenvalue weighted by Gasteiger charge is -2.20. The third kappa shape index (κ3) is 4.15. The van der Waals surface area contributed by atoms with E-state index in [-0.39, 0.29) is 23.1 Å². The summed E-state index contributed by atoms with van der Waals surface area (Å²) in [4.78, 5) is 25.1. The minimum absolute atomic E-state index is 0.159. The molecule has 0 saturated carbocycles. The van der Waals surface area contributed by atoms with Crippen molar-refractivity contribution in [2.24, 2.45) is 0 Å². The molecule has 1 aliphatic rings. The van der Waals surface area contributed by atoms with Gasteiger partial charge in [0, 0.05) is 18.1 Å². The van der Waals surface area contributed by atoms with Crippen LogP contribution in [0.2, 0.25) is 0 Å². The number of hydrogen-bond donors (Lipinski definition) is 1. The summed E-state index contributed by atoms with van der Waals surface area (Å²) in [6.45, 7) is 5.27. The highest BCUT2D eigenvalue weighted by Gasteiger charge is 2.30. The average molecular weight is 440 g/mol. The summed E-state index contributed by atoms with van der Waals surface area (Å²) >= 11 is 0. The first-order chi connectivity index (χ1) is 15.4. The number of carbonyl (C=O) groups excluding carboxylic acids is 1. The minimum Gasteiger partial charge on any atom is -0.493 e. The molecule has 0 bridgehead atoms. The van der Waals surface area contributed by atoms with Crippen LogP contribution < -0.4 is 29.7 Å². The zero-order valence-corrected chi connectivity index (χ0v) is 19.2. The van der Waals surface area contributed by atoms with Crippen LogP contribution in [0.25, 0.3) is 11.1 Å². The number of ether oxygens (including phenoxy) is 4. The summed E-state index contributed by atoms with van der Waals surface area (Å²) in [5.74, 6) is 1.57. The van der Waals surface area contributed by atoms with Crippen molar-refractivity contribution in [3.63, 3.8) is 0 Å². The molecule has 0 radical (unpaired) electrons. The van der Waals surface area contributed by atoms with E-state index in [4.69, 9.17) is 18.9 Å². The van der Waals surface area contributed by atoms with Gasteiger partial charge in [0.15, 0.2) is 17.2 Å². The van der Waals surface area contributed by atoms with Crippen LogP contribution in [0.5, 0.6) is 23.0 Å². The Morgan fingerprint density at radius 1 is 1.06 bits per heavy atom. The number of hydrogen-bond acceptors (Lipinski definition) is 6. The van der Waals surface area contributed by atoms with Crippen molar-refractivity contribution >= 4 is 5.91 Å². The zero-order valence-electron chi connectivity index (χ0n) is 19.2. The van der Waals surface area contributed by atoms with Gasteiger partial charge in [0.25, 0.3) is 0 Å². The molecule has 170 valence electrons. The molecule has 0 saturated heterocycles. The molecule has 0 fully saturated rings. The number of rotatable bonds is 7. The van der Waals surface area contributed by atoms with Crippen LogP contribution in [0.3, 0.4) is 0 Å². The third-order valence-corrected chi connectivity index (χ3v) is 5.65. The van der Waals surface area contributed by atoms with Crippen LogP contribution in [-0.4, -0.2) is 34.3 Å². The van der Waals surface area contributed by atoms with Crippen LogP contribution in [0, 0.1) is 0 Å². The van der Waals surface area contributed by atoms with Gasteiger partial charge in [-0.05, 0) is 54.2 Å². The number of fused-ring (bicyclic) bond motifs is 3. The van der Waals surface area contributed by atoms with Gasteiger partial charge in [-0.2, -0.15) is 0 Å². The molecule has 1 amide bonds. The van der Waals surface area contributed by atoms with Crippen molar-refractivity contribution < 1.29 is 23.7 Å². The zero-order chi connectivity index (χ0) is 23.4. The Labute approximate surface area is 188 Å². The fourth-order valence-electron chi connectivity index (χ4n) is 4.28. The maximum Gasteiger partial charge on any atom is 0.223 e.